The van der Waals surface area contributed by atoms with Crippen molar-refractivity contribution in [2.24, 2.45) is 17.3 Å². The molecule has 0 radical (unpaired) electrons. The minimum Gasteiger partial charge on any atom is -0.480 e. The zero-order valence-corrected chi connectivity index (χ0v) is 19.1. The SMILES string of the molecule is C=CCC(NC(=O)[C@H]1C[C@H]1C(=O)N(C)Cc1cn(CC2(C(F)(F)F)CCCCC2)nn1)C(=O)O. The van der Waals surface area contributed by atoms with Gasteiger partial charge in [0.05, 0.1) is 36.5 Å². The molecule has 9 nitrogen and oxygen atoms in total. The zero-order valence-electron chi connectivity index (χ0n) is 19.1. The molecule has 1 aromatic heterocycles. The van der Waals surface area contributed by atoms with Gasteiger partial charge in [-0.25, -0.2) is 4.79 Å². The Labute approximate surface area is 195 Å². The quantitative estimate of drug-likeness (QED) is 0.492. The van der Waals surface area contributed by atoms with E-state index in [2.05, 4.69) is 22.2 Å². The average molecular weight is 486 g/mol. The molecule has 188 valence electrons. The third-order valence-electron chi connectivity index (χ3n) is 6.70. The van der Waals surface area contributed by atoms with Crippen LogP contribution in [0.2, 0.25) is 0 Å². The first-order valence-electron chi connectivity index (χ1n) is 11.3. The molecule has 1 unspecified atom stereocenters. The molecule has 3 atom stereocenters. The topological polar surface area (TPSA) is 117 Å². The van der Waals surface area contributed by atoms with Crippen LogP contribution in [-0.2, 0) is 27.5 Å². The van der Waals surface area contributed by atoms with Crippen LogP contribution in [-0.4, -0.2) is 62.0 Å². The lowest BCUT2D eigenvalue weighted by Crippen LogP contribution is -2.43. The van der Waals surface area contributed by atoms with Gasteiger partial charge in [0.2, 0.25) is 11.8 Å². The number of carboxylic acid groups (broad SMARTS) is 1. The molecule has 0 saturated heterocycles. The molecule has 1 aromatic rings. The Balaban J connectivity index is 1.55. The number of alkyl halides is 3. The smallest absolute Gasteiger partial charge is 0.396 e. The minimum absolute atomic E-state index is 0.0386. The zero-order chi connectivity index (χ0) is 25.1. The van der Waals surface area contributed by atoms with Crippen LogP contribution in [0.15, 0.2) is 18.9 Å². The monoisotopic (exact) mass is 485 g/mol. The van der Waals surface area contributed by atoms with Gasteiger partial charge in [0, 0.05) is 7.05 Å². The van der Waals surface area contributed by atoms with Crippen LogP contribution in [0.25, 0.3) is 0 Å². The third-order valence-corrected chi connectivity index (χ3v) is 6.70. The normalized spacial score (nSPS) is 22.5. The molecule has 0 bridgehead atoms. The van der Waals surface area contributed by atoms with Crippen molar-refractivity contribution in [1.82, 2.24) is 25.2 Å². The molecule has 2 aliphatic rings. The molecule has 34 heavy (non-hydrogen) atoms. The molecular weight excluding hydrogens is 455 g/mol. The lowest BCUT2D eigenvalue weighted by atomic mass is 9.73. The Bertz CT molecular complexity index is 926. The van der Waals surface area contributed by atoms with E-state index in [-0.39, 0.29) is 38.3 Å². The number of carbonyl (C=O) groups excluding carboxylic acids is 2. The fourth-order valence-corrected chi connectivity index (χ4v) is 4.59. The standard InChI is InChI=1S/C22H30F3N5O4/c1-3-7-17(20(33)34)26-18(31)15-10-16(15)19(32)29(2)11-14-12-30(28-27-14)13-21(22(23,24)25)8-5-4-6-9-21/h3,12,15-17H,1,4-11,13H2,2H3,(H,26,31)(H,33,34)/t15-,16+,17?/m0/s1. The van der Waals surface area contributed by atoms with Gasteiger partial charge < -0.3 is 15.3 Å². The van der Waals surface area contributed by atoms with Crippen LogP contribution in [0.5, 0.6) is 0 Å². The van der Waals surface area contributed by atoms with Crippen molar-refractivity contribution in [2.75, 3.05) is 7.05 Å². The molecule has 3 rings (SSSR count). The van der Waals surface area contributed by atoms with Gasteiger partial charge in [0.25, 0.3) is 0 Å². The van der Waals surface area contributed by atoms with E-state index >= 15 is 0 Å². The number of nitrogens with one attached hydrogen (secondary N) is 1. The molecular formula is C22H30F3N5O4. The maximum absolute atomic E-state index is 13.8. The Morgan fingerprint density at radius 1 is 1.32 bits per heavy atom. The number of carbonyl (C=O) groups is 3. The van der Waals surface area contributed by atoms with Gasteiger partial charge in [-0.3, -0.25) is 14.3 Å². The first-order chi connectivity index (χ1) is 16.0. The number of nitrogens with zero attached hydrogens (tertiary/aromatic N) is 4. The summed E-state index contributed by atoms with van der Waals surface area (Å²) in [6.07, 6.45) is 0.807. The summed E-state index contributed by atoms with van der Waals surface area (Å²) in [5.74, 6) is -3.19. The van der Waals surface area contributed by atoms with Crippen molar-refractivity contribution >= 4 is 17.8 Å². The Morgan fingerprint density at radius 3 is 2.59 bits per heavy atom. The molecule has 2 fully saturated rings. The van der Waals surface area contributed by atoms with Gasteiger partial charge in [0.15, 0.2) is 0 Å². The van der Waals surface area contributed by atoms with Crippen molar-refractivity contribution in [3.8, 4) is 0 Å². The highest BCUT2D eigenvalue weighted by molar-refractivity contribution is 5.94. The van der Waals surface area contributed by atoms with Crippen LogP contribution in [0.4, 0.5) is 13.2 Å². The third kappa shape index (κ3) is 5.76. The van der Waals surface area contributed by atoms with Crippen LogP contribution >= 0.6 is 0 Å². The van der Waals surface area contributed by atoms with Gasteiger partial charge in [-0.1, -0.05) is 30.6 Å². The van der Waals surface area contributed by atoms with Gasteiger partial charge in [0.1, 0.15) is 11.7 Å². The molecule has 2 amide bonds. The van der Waals surface area contributed by atoms with Crippen LogP contribution in [0.1, 0.15) is 50.6 Å². The minimum atomic E-state index is -4.33. The summed E-state index contributed by atoms with van der Waals surface area (Å²) in [6, 6.07) is -1.10. The molecule has 2 N–H and O–H groups in total. The van der Waals surface area contributed by atoms with E-state index in [0.29, 0.717) is 25.0 Å². The van der Waals surface area contributed by atoms with E-state index in [4.69, 9.17) is 5.11 Å². The van der Waals surface area contributed by atoms with Crippen molar-refractivity contribution < 1.29 is 32.7 Å². The Hall–Kier alpha value is -2.92. The highest BCUT2D eigenvalue weighted by atomic mass is 19.4. The fraction of sp³-hybridized carbons (Fsp3) is 0.682. The molecule has 0 aliphatic heterocycles. The van der Waals surface area contributed by atoms with Gasteiger partial charge >= 0.3 is 12.1 Å². The summed E-state index contributed by atoms with van der Waals surface area (Å²) in [6.45, 7) is 3.20. The van der Waals surface area contributed by atoms with Crippen LogP contribution in [0.3, 0.4) is 0 Å². The first kappa shape index (κ1) is 25.7. The highest BCUT2D eigenvalue weighted by Gasteiger charge is 2.55. The largest absolute Gasteiger partial charge is 0.480 e. The number of aliphatic carboxylic acids is 1. The lowest BCUT2D eigenvalue weighted by Gasteiger charge is -2.38. The van der Waals surface area contributed by atoms with E-state index in [1.165, 1.54) is 28.9 Å². The maximum atomic E-state index is 13.8. The second-order valence-electron chi connectivity index (χ2n) is 9.31. The lowest BCUT2D eigenvalue weighted by molar-refractivity contribution is -0.240. The number of amides is 2. The number of carboxylic acids is 1. The van der Waals surface area contributed by atoms with E-state index in [1.807, 2.05) is 0 Å². The second kappa shape index (κ2) is 10.1. The maximum Gasteiger partial charge on any atom is 0.396 e. The summed E-state index contributed by atoms with van der Waals surface area (Å²) in [5.41, 5.74) is -1.46. The number of rotatable bonds is 10. The van der Waals surface area contributed by atoms with E-state index in [0.717, 1.165) is 6.42 Å². The van der Waals surface area contributed by atoms with Gasteiger partial charge in [-0.15, -0.1) is 11.7 Å². The molecule has 12 heteroatoms. The molecule has 0 aromatic carbocycles. The summed E-state index contributed by atoms with van der Waals surface area (Å²) >= 11 is 0. The molecule has 0 spiro atoms. The van der Waals surface area contributed by atoms with E-state index in [9.17, 15) is 27.6 Å². The van der Waals surface area contributed by atoms with E-state index < -0.39 is 41.3 Å². The van der Waals surface area contributed by atoms with Gasteiger partial charge in [-0.05, 0) is 25.7 Å². The van der Waals surface area contributed by atoms with Crippen LogP contribution in [0, 0.1) is 17.3 Å². The van der Waals surface area contributed by atoms with E-state index in [1.54, 1.807) is 0 Å². The number of aromatic nitrogens is 3. The van der Waals surface area contributed by atoms with Crippen molar-refractivity contribution in [1.29, 1.82) is 0 Å². The number of hydrogen-bond donors (Lipinski definition) is 2. The summed E-state index contributed by atoms with van der Waals surface area (Å²) in [5, 5.41) is 19.3. The summed E-state index contributed by atoms with van der Waals surface area (Å²) < 4.78 is 42.6. The van der Waals surface area contributed by atoms with Crippen molar-refractivity contribution in [3.63, 3.8) is 0 Å². The van der Waals surface area contributed by atoms with Crippen LogP contribution < -0.4 is 5.32 Å². The number of hydrogen-bond acceptors (Lipinski definition) is 5. The predicted octanol–water partition coefficient (Wildman–Crippen LogP) is 2.53. The summed E-state index contributed by atoms with van der Waals surface area (Å²) in [7, 11) is 1.52. The van der Waals surface area contributed by atoms with Gasteiger partial charge in [-0.2, -0.15) is 13.2 Å². The molecule has 2 aliphatic carbocycles. The number of halogens is 3. The average Bonchev–Trinajstić information content (AvgIpc) is 3.46. The Kier molecular flexibility index (Phi) is 7.67. The van der Waals surface area contributed by atoms with Crippen molar-refractivity contribution in [3.05, 3.63) is 24.5 Å². The predicted molar refractivity (Wildman–Crippen MR) is 114 cm³/mol. The molecule has 1 heterocycles. The highest BCUT2D eigenvalue weighted by Crippen LogP contribution is 2.50. The Morgan fingerprint density at radius 2 is 2.00 bits per heavy atom. The summed E-state index contributed by atoms with van der Waals surface area (Å²) in [4.78, 5) is 37.5. The van der Waals surface area contributed by atoms with Crippen molar-refractivity contribution in [2.45, 2.75) is 70.3 Å². The molecule has 2 saturated carbocycles. The first-order valence-corrected chi connectivity index (χ1v) is 11.3. The second-order valence-corrected chi connectivity index (χ2v) is 9.31. The fourth-order valence-electron chi connectivity index (χ4n) is 4.59.